The number of hydrogen-bond donors (Lipinski definition) is 2. The number of carbonyl (C=O) groups is 1. The highest BCUT2D eigenvalue weighted by Crippen LogP contribution is 2.34. The minimum atomic E-state index is -0.379. The number of rotatable bonds is 3. The number of phenols is 1. The summed E-state index contributed by atoms with van der Waals surface area (Å²) in [5, 5.41) is 12.9. The van der Waals surface area contributed by atoms with Crippen molar-refractivity contribution in [1.29, 1.82) is 0 Å². The first-order valence-corrected chi connectivity index (χ1v) is 8.07. The van der Waals surface area contributed by atoms with Gasteiger partial charge in [0, 0.05) is 5.69 Å². The van der Waals surface area contributed by atoms with E-state index >= 15 is 0 Å². The molecule has 0 radical (unpaired) electrons. The third-order valence-electron chi connectivity index (χ3n) is 4.23. The van der Waals surface area contributed by atoms with Crippen molar-refractivity contribution in [3.8, 4) is 17.2 Å². The van der Waals surface area contributed by atoms with Crippen molar-refractivity contribution < 1.29 is 18.7 Å². The van der Waals surface area contributed by atoms with Crippen molar-refractivity contribution in [2.45, 2.75) is 13.8 Å². The number of aryl methyl sites for hydroxylation is 2. The largest absolute Gasteiger partial charge is 0.507 e. The van der Waals surface area contributed by atoms with Crippen LogP contribution in [0.5, 0.6) is 5.75 Å². The van der Waals surface area contributed by atoms with Crippen LogP contribution in [0.3, 0.4) is 0 Å². The topological polar surface area (TPSA) is 88.5 Å². The van der Waals surface area contributed by atoms with E-state index in [1.54, 1.807) is 24.3 Å². The maximum atomic E-state index is 12.1. The van der Waals surface area contributed by atoms with Crippen LogP contribution in [0.2, 0.25) is 0 Å². The summed E-state index contributed by atoms with van der Waals surface area (Å²) in [6.07, 6.45) is 1.43. The lowest BCUT2D eigenvalue weighted by atomic mass is 10.1. The molecular weight excluding hydrogens is 332 g/mol. The van der Waals surface area contributed by atoms with Crippen LogP contribution >= 0.6 is 0 Å². The highest BCUT2D eigenvalue weighted by molar-refractivity contribution is 6.02. The average Bonchev–Trinajstić information content (AvgIpc) is 3.27. The number of phenolic OH excluding ortho intramolecular Hbond substituents is 1. The highest BCUT2D eigenvalue weighted by atomic mass is 16.4. The van der Waals surface area contributed by atoms with E-state index in [-0.39, 0.29) is 23.3 Å². The van der Waals surface area contributed by atoms with Crippen LogP contribution in [-0.2, 0) is 0 Å². The second kappa shape index (κ2) is 6.07. The summed E-state index contributed by atoms with van der Waals surface area (Å²) in [5.74, 6) is 0.125. The normalized spacial score (nSPS) is 11.0. The van der Waals surface area contributed by atoms with Crippen molar-refractivity contribution in [3.63, 3.8) is 0 Å². The summed E-state index contributed by atoms with van der Waals surface area (Å²) >= 11 is 0. The molecule has 0 atom stereocenters. The molecule has 6 nitrogen and oxygen atoms in total. The first kappa shape index (κ1) is 16.0. The minimum Gasteiger partial charge on any atom is -0.507 e. The molecular formula is C20H16N2O4. The Morgan fingerprint density at radius 1 is 1.12 bits per heavy atom. The summed E-state index contributed by atoms with van der Waals surface area (Å²) in [6.45, 7) is 4.00. The van der Waals surface area contributed by atoms with Crippen LogP contribution in [0.25, 0.3) is 22.6 Å². The Kier molecular flexibility index (Phi) is 3.73. The number of oxazole rings is 1. The van der Waals surface area contributed by atoms with Crippen molar-refractivity contribution >= 4 is 22.7 Å². The Labute approximate surface area is 149 Å². The highest BCUT2D eigenvalue weighted by Gasteiger charge is 2.15. The van der Waals surface area contributed by atoms with E-state index in [1.807, 2.05) is 26.0 Å². The quantitative estimate of drug-likeness (QED) is 0.526. The molecule has 0 aliphatic rings. The fourth-order valence-electron chi connectivity index (χ4n) is 2.68. The molecule has 1 amide bonds. The fourth-order valence-corrected chi connectivity index (χ4v) is 2.68. The van der Waals surface area contributed by atoms with E-state index < -0.39 is 0 Å². The molecule has 2 aromatic carbocycles. The minimum absolute atomic E-state index is 0.0148. The number of aromatic hydroxyl groups is 1. The van der Waals surface area contributed by atoms with E-state index in [9.17, 15) is 9.90 Å². The molecule has 0 saturated heterocycles. The van der Waals surface area contributed by atoms with Crippen molar-refractivity contribution in [2.24, 2.45) is 0 Å². The molecule has 2 aromatic heterocycles. The van der Waals surface area contributed by atoms with Gasteiger partial charge in [0.1, 0.15) is 11.3 Å². The molecule has 130 valence electrons. The van der Waals surface area contributed by atoms with Crippen LogP contribution in [0.4, 0.5) is 5.69 Å². The standard InChI is InChI=1S/C20H16N2O4/c1-11-8-15-18(9-12(11)2)26-20(22-15)14-10-13(5-6-16(14)23)21-19(24)17-4-3-7-25-17/h3-10,23H,1-2H3,(H,21,24). The number of benzene rings is 2. The Morgan fingerprint density at radius 2 is 1.92 bits per heavy atom. The van der Waals surface area contributed by atoms with E-state index in [0.29, 0.717) is 22.4 Å². The summed E-state index contributed by atoms with van der Waals surface area (Å²) < 4.78 is 10.9. The molecule has 4 rings (SSSR count). The third kappa shape index (κ3) is 2.82. The maximum Gasteiger partial charge on any atom is 0.291 e. The molecule has 2 heterocycles. The van der Waals surface area contributed by atoms with Crippen LogP contribution in [-0.4, -0.2) is 16.0 Å². The van der Waals surface area contributed by atoms with Crippen molar-refractivity contribution in [1.82, 2.24) is 4.98 Å². The number of aromatic nitrogens is 1. The lowest BCUT2D eigenvalue weighted by molar-refractivity contribution is 0.0996. The molecule has 26 heavy (non-hydrogen) atoms. The first-order chi connectivity index (χ1) is 12.5. The second-order valence-corrected chi connectivity index (χ2v) is 6.09. The number of carbonyl (C=O) groups excluding carboxylic acids is 1. The molecule has 0 aliphatic heterocycles. The molecule has 0 aliphatic carbocycles. The van der Waals surface area contributed by atoms with Gasteiger partial charge in [0.2, 0.25) is 5.89 Å². The van der Waals surface area contributed by atoms with Gasteiger partial charge >= 0.3 is 0 Å². The van der Waals surface area contributed by atoms with Crippen molar-refractivity contribution in [2.75, 3.05) is 5.32 Å². The summed E-state index contributed by atoms with van der Waals surface area (Å²) in [5.41, 5.74) is 4.47. The molecule has 0 spiro atoms. The van der Waals surface area contributed by atoms with Gasteiger partial charge in [0.05, 0.1) is 11.8 Å². The van der Waals surface area contributed by atoms with Gasteiger partial charge in [-0.1, -0.05) is 0 Å². The predicted octanol–water partition coefficient (Wildman–Crippen LogP) is 4.66. The Morgan fingerprint density at radius 3 is 2.69 bits per heavy atom. The van der Waals surface area contributed by atoms with E-state index in [1.165, 1.54) is 12.3 Å². The number of nitrogens with one attached hydrogen (secondary N) is 1. The molecule has 0 saturated carbocycles. The summed E-state index contributed by atoms with van der Waals surface area (Å²) in [7, 11) is 0. The van der Waals surface area contributed by atoms with E-state index in [4.69, 9.17) is 8.83 Å². The average molecular weight is 348 g/mol. The second-order valence-electron chi connectivity index (χ2n) is 6.09. The number of furan rings is 1. The van der Waals surface area contributed by atoms with Gasteiger partial charge in [0.15, 0.2) is 11.3 Å². The van der Waals surface area contributed by atoms with Gasteiger partial charge in [-0.05, 0) is 67.4 Å². The smallest absolute Gasteiger partial charge is 0.291 e. The van der Waals surface area contributed by atoms with E-state index in [0.717, 1.165) is 11.1 Å². The van der Waals surface area contributed by atoms with Crippen LogP contribution in [0.15, 0.2) is 57.6 Å². The zero-order valence-corrected chi connectivity index (χ0v) is 14.2. The number of nitrogens with zero attached hydrogens (tertiary/aromatic N) is 1. The Hall–Kier alpha value is -3.54. The van der Waals surface area contributed by atoms with Gasteiger partial charge in [-0.2, -0.15) is 0 Å². The van der Waals surface area contributed by atoms with Gasteiger partial charge in [0.25, 0.3) is 5.91 Å². The predicted molar refractivity (Wildman–Crippen MR) is 97.2 cm³/mol. The molecule has 0 bridgehead atoms. The van der Waals surface area contributed by atoms with Crippen LogP contribution in [0, 0.1) is 13.8 Å². The number of anilines is 1. The van der Waals surface area contributed by atoms with Crippen LogP contribution < -0.4 is 5.32 Å². The first-order valence-electron chi connectivity index (χ1n) is 8.07. The summed E-state index contributed by atoms with van der Waals surface area (Å²) in [6, 6.07) is 11.8. The van der Waals surface area contributed by atoms with Gasteiger partial charge < -0.3 is 19.3 Å². The third-order valence-corrected chi connectivity index (χ3v) is 4.23. The molecule has 2 N–H and O–H groups in total. The van der Waals surface area contributed by atoms with Crippen LogP contribution in [0.1, 0.15) is 21.7 Å². The number of amides is 1. The van der Waals surface area contributed by atoms with Crippen molar-refractivity contribution in [3.05, 3.63) is 65.6 Å². The maximum absolute atomic E-state index is 12.1. The van der Waals surface area contributed by atoms with Gasteiger partial charge in [-0.25, -0.2) is 4.98 Å². The lowest BCUT2D eigenvalue weighted by Gasteiger charge is -2.06. The van der Waals surface area contributed by atoms with E-state index in [2.05, 4.69) is 10.3 Å². The lowest BCUT2D eigenvalue weighted by Crippen LogP contribution is -2.10. The zero-order chi connectivity index (χ0) is 18.3. The van der Waals surface area contributed by atoms with Gasteiger partial charge in [-0.3, -0.25) is 4.79 Å². The Bertz CT molecular complexity index is 1070. The van der Waals surface area contributed by atoms with Gasteiger partial charge in [-0.15, -0.1) is 0 Å². The zero-order valence-electron chi connectivity index (χ0n) is 14.2. The Balaban J connectivity index is 1.71. The monoisotopic (exact) mass is 348 g/mol. The fraction of sp³-hybridized carbons (Fsp3) is 0.100. The number of fused-ring (bicyclic) bond motifs is 1. The SMILES string of the molecule is Cc1cc2nc(-c3cc(NC(=O)c4ccco4)ccc3O)oc2cc1C. The summed E-state index contributed by atoms with van der Waals surface area (Å²) in [4.78, 5) is 16.6. The molecule has 6 heteroatoms. The number of hydrogen-bond acceptors (Lipinski definition) is 5. The molecule has 4 aromatic rings. The molecule has 0 fully saturated rings. The molecule has 0 unspecified atom stereocenters.